The first-order valence-corrected chi connectivity index (χ1v) is 6.90. The van der Waals surface area contributed by atoms with Gasteiger partial charge in [-0.1, -0.05) is 6.92 Å². The summed E-state index contributed by atoms with van der Waals surface area (Å²) < 4.78 is 54.7. The van der Waals surface area contributed by atoms with Crippen LogP contribution in [0.2, 0.25) is 0 Å². The smallest absolute Gasteiger partial charge is 0.406 e. The second-order valence-electron chi connectivity index (χ2n) is 4.94. The zero-order chi connectivity index (χ0) is 15.5. The third-order valence-corrected chi connectivity index (χ3v) is 3.54. The standard InChI is InChI=1S/C14H18F4N2O.2ClH/c1-2-13(20-7-5-19-6-8-20)11-9-10(3-4-12(11)15)21-14(16,17)18;;/h3-4,9,13,19H,2,5-8H2,1H3;2*1H/t13-;;/m1../s1. The molecule has 1 fully saturated rings. The minimum Gasteiger partial charge on any atom is -0.406 e. The van der Waals surface area contributed by atoms with Crippen molar-refractivity contribution in [1.29, 1.82) is 0 Å². The number of hydrogen-bond acceptors (Lipinski definition) is 3. The van der Waals surface area contributed by atoms with Crippen molar-refractivity contribution < 1.29 is 22.3 Å². The molecule has 1 heterocycles. The summed E-state index contributed by atoms with van der Waals surface area (Å²) in [6.07, 6.45) is -4.15. The molecule has 0 amide bonds. The van der Waals surface area contributed by atoms with E-state index in [-0.39, 0.29) is 42.2 Å². The third kappa shape index (κ3) is 6.33. The van der Waals surface area contributed by atoms with Crippen LogP contribution in [-0.4, -0.2) is 37.4 Å². The second-order valence-corrected chi connectivity index (χ2v) is 4.94. The molecule has 0 aromatic heterocycles. The summed E-state index contributed by atoms with van der Waals surface area (Å²) in [5, 5.41) is 3.19. The summed E-state index contributed by atoms with van der Waals surface area (Å²) in [4.78, 5) is 2.08. The van der Waals surface area contributed by atoms with Gasteiger partial charge in [0.05, 0.1) is 0 Å². The molecule has 1 aromatic carbocycles. The van der Waals surface area contributed by atoms with E-state index in [1.807, 2.05) is 6.92 Å². The number of halogens is 6. The van der Waals surface area contributed by atoms with Crippen molar-refractivity contribution in [3.63, 3.8) is 0 Å². The molecule has 0 aliphatic carbocycles. The number of rotatable bonds is 4. The lowest BCUT2D eigenvalue weighted by atomic mass is 10.0. The molecule has 0 bridgehead atoms. The lowest BCUT2D eigenvalue weighted by Gasteiger charge is -2.35. The minimum atomic E-state index is -4.77. The van der Waals surface area contributed by atoms with Crippen molar-refractivity contribution in [3.8, 4) is 5.75 Å². The van der Waals surface area contributed by atoms with E-state index in [4.69, 9.17) is 0 Å². The molecule has 1 aliphatic heterocycles. The van der Waals surface area contributed by atoms with Crippen molar-refractivity contribution in [2.24, 2.45) is 0 Å². The molecule has 3 nitrogen and oxygen atoms in total. The average molecular weight is 379 g/mol. The maximum atomic E-state index is 14.0. The SMILES string of the molecule is CC[C@H](c1cc(OC(F)(F)F)ccc1F)N1CCNCC1.Cl.Cl. The molecular weight excluding hydrogens is 359 g/mol. The summed E-state index contributed by atoms with van der Waals surface area (Å²) in [5.74, 6) is -0.887. The van der Waals surface area contributed by atoms with Crippen molar-refractivity contribution in [2.45, 2.75) is 25.7 Å². The zero-order valence-electron chi connectivity index (χ0n) is 12.5. The van der Waals surface area contributed by atoms with Crippen LogP contribution in [0.3, 0.4) is 0 Å². The molecule has 134 valence electrons. The Bertz CT molecular complexity index is 482. The molecule has 1 aromatic rings. The fraction of sp³-hybridized carbons (Fsp3) is 0.571. The molecule has 0 unspecified atom stereocenters. The van der Waals surface area contributed by atoms with Crippen LogP contribution in [0.1, 0.15) is 24.9 Å². The lowest BCUT2D eigenvalue weighted by molar-refractivity contribution is -0.274. The van der Waals surface area contributed by atoms with Crippen LogP contribution < -0.4 is 10.1 Å². The topological polar surface area (TPSA) is 24.5 Å². The Morgan fingerprint density at radius 1 is 1.22 bits per heavy atom. The largest absolute Gasteiger partial charge is 0.573 e. The van der Waals surface area contributed by atoms with Crippen molar-refractivity contribution >= 4 is 24.8 Å². The molecule has 1 N–H and O–H groups in total. The monoisotopic (exact) mass is 378 g/mol. The Balaban J connectivity index is 0.00000242. The lowest BCUT2D eigenvalue weighted by Crippen LogP contribution is -2.45. The van der Waals surface area contributed by atoms with Crippen LogP contribution in [0.25, 0.3) is 0 Å². The first kappa shape index (κ1) is 22.2. The van der Waals surface area contributed by atoms with E-state index >= 15 is 0 Å². The second kappa shape index (κ2) is 9.52. The minimum absolute atomic E-state index is 0. The van der Waals surface area contributed by atoms with E-state index in [0.29, 0.717) is 6.42 Å². The van der Waals surface area contributed by atoms with Gasteiger partial charge in [-0.25, -0.2) is 4.39 Å². The molecule has 1 aliphatic rings. The van der Waals surface area contributed by atoms with Crippen molar-refractivity contribution in [1.82, 2.24) is 10.2 Å². The maximum Gasteiger partial charge on any atom is 0.573 e. The molecule has 23 heavy (non-hydrogen) atoms. The summed E-state index contributed by atoms with van der Waals surface area (Å²) in [6, 6.07) is 2.93. The molecule has 0 saturated carbocycles. The van der Waals surface area contributed by atoms with Gasteiger partial charge in [-0.05, 0) is 24.6 Å². The fourth-order valence-corrected chi connectivity index (χ4v) is 2.64. The highest BCUT2D eigenvalue weighted by molar-refractivity contribution is 5.85. The van der Waals surface area contributed by atoms with Gasteiger partial charge in [0.25, 0.3) is 0 Å². The molecule has 1 saturated heterocycles. The van der Waals surface area contributed by atoms with Gasteiger partial charge in [-0.15, -0.1) is 38.0 Å². The van der Waals surface area contributed by atoms with E-state index in [1.165, 1.54) is 0 Å². The number of nitrogens with one attached hydrogen (secondary N) is 1. The van der Waals surface area contributed by atoms with Crippen LogP contribution in [0, 0.1) is 5.82 Å². The van der Waals surface area contributed by atoms with E-state index in [2.05, 4.69) is 15.0 Å². The number of ether oxygens (including phenoxy) is 1. The molecule has 0 spiro atoms. The van der Waals surface area contributed by atoms with Crippen LogP contribution in [0.5, 0.6) is 5.75 Å². The number of benzene rings is 1. The van der Waals surface area contributed by atoms with Crippen LogP contribution in [0.15, 0.2) is 18.2 Å². The summed E-state index contributed by atoms with van der Waals surface area (Å²) >= 11 is 0. The number of hydrogen-bond donors (Lipinski definition) is 1. The van der Waals surface area contributed by atoms with Gasteiger partial charge in [-0.2, -0.15) is 0 Å². The fourth-order valence-electron chi connectivity index (χ4n) is 2.64. The van der Waals surface area contributed by atoms with Crippen LogP contribution in [-0.2, 0) is 0 Å². The highest BCUT2D eigenvalue weighted by Crippen LogP contribution is 2.31. The van der Waals surface area contributed by atoms with E-state index in [1.54, 1.807) is 0 Å². The Labute approximate surface area is 145 Å². The van der Waals surface area contributed by atoms with Crippen LogP contribution in [0.4, 0.5) is 17.6 Å². The quantitative estimate of drug-likeness (QED) is 0.803. The van der Waals surface area contributed by atoms with Gasteiger partial charge in [0, 0.05) is 37.8 Å². The normalized spacial score (nSPS) is 16.9. The predicted molar refractivity (Wildman–Crippen MR) is 85.1 cm³/mol. The highest BCUT2D eigenvalue weighted by atomic mass is 35.5. The third-order valence-electron chi connectivity index (χ3n) is 3.54. The molecule has 0 radical (unpaired) electrons. The van der Waals surface area contributed by atoms with Gasteiger partial charge in [-0.3, -0.25) is 4.90 Å². The molecule has 1 atom stereocenters. The van der Waals surface area contributed by atoms with Gasteiger partial charge in [0.2, 0.25) is 0 Å². The summed E-state index contributed by atoms with van der Waals surface area (Å²) in [5.41, 5.74) is 0.251. The van der Waals surface area contributed by atoms with Gasteiger partial charge < -0.3 is 10.1 Å². The van der Waals surface area contributed by atoms with E-state index in [9.17, 15) is 17.6 Å². The average Bonchev–Trinajstić information content (AvgIpc) is 2.43. The van der Waals surface area contributed by atoms with Gasteiger partial charge >= 0.3 is 6.36 Å². The number of piperazine rings is 1. The molecule has 9 heteroatoms. The highest BCUT2D eigenvalue weighted by Gasteiger charge is 2.32. The Hall–Kier alpha value is -0.760. The zero-order valence-corrected chi connectivity index (χ0v) is 14.2. The summed E-state index contributed by atoms with van der Waals surface area (Å²) in [7, 11) is 0. The molecular formula is C14H20Cl2F4N2O. The Morgan fingerprint density at radius 3 is 2.35 bits per heavy atom. The summed E-state index contributed by atoms with van der Waals surface area (Å²) in [6.45, 7) is 4.95. The van der Waals surface area contributed by atoms with Crippen molar-refractivity contribution in [2.75, 3.05) is 26.2 Å². The van der Waals surface area contributed by atoms with E-state index < -0.39 is 12.2 Å². The van der Waals surface area contributed by atoms with Crippen molar-refractivity contribution in [3.05, 3.63) is 29.6 Å². The maximum absolute atomic E-state index is 14.0. The van der Waals surface area contributed by atoms with Gasteiger partial charge in [0.1, 0.15) is 11.6 Å². The Kier molecular flexibility index (Phi) is 9.20. The number of nitrogens with zero attached hydrogens (tertiary/aromatic N) is 1. The molecule has 2 rings (SSSR count). The first-order valence-electron chi connectivity index (χ1n) is 6.90. The first-order chi connectivity index (χ1) is 9.90. The van der Waals surface area contributed by atoms with Crippen LogP contribution >= 0.6 is 24.8 Å². The predicted octanol–water partition coefficient (Wildman–Crippen LogP) is 3.92. The van der Waals surface area contributed by atoms with Gasteiger partial charge in [0.15, 0.2) is 0 Å². The van der Waals surface area contributed by atoms with E-state index in [0.717, 1.165) is 44.4 Å². The number of alkyl halides is 3. The Morgan fingerprint density at radius 2 is 1.83 bits per heavy atom.